The zero-order valence-corrected chi connectivity index (χ0v) is 14.9. The molecular weight excluding hydrogens is 312 g/mol. The second-order valence-electron chi connectivity index (χ2n) is 6.65. The van der Waals surface area contributed by atoms with Crippen LogP contribution in [0.4, 0.5) is 5.69 Å². The molecule has 0 aromatic heterocycles. The lowest BCUT2D eigenvalue weighted by molar-refractivity contribution is -0.115. The number of thiocarbonyl (C=S) groups is 1. The minimum absolute atomic E-state index is 0.0981. The summed E-state index contributed by atoms with van der Waals surface area (Å²) in [6.07, 6.45) is 3.04. The lowest BCUT2D eigenvalue weighted by atomic mass is 9.80. The average Bonchev–Trinajstić information content (AvgIpc) is 2.74. The molecule has 0 radical (unpaired) electrons. The molecule has 1 aromatic rings. The molecule has 0 bridgehead atoms. The number of amides is 1. The van der Waals surface area contributed by atoms with Crippen LogP contribution in [0.1, 0.15) is 44.2 Å². The van der Waals surface area contributed by atoms with Gasteiger partial charge in [-0.2, -0.15) is 0 Å². The van der Waals surface area contributed by atoms with Gasteiger partial charge >= 0.3 is 0 Å². The summed E-state index contributed by atoms with van der Waals surface area (Å²) >= 11 is 6.36. The summed E-state index contributed by atoms with van der Waals surface area (Å²) < 4.78 is 0.532. The smallest absolute Gasteiger partial charge is 0.263 e. The third-order valence-corrected chi connectivity index (χ3v) is 5.76. The Balaban J connectivity index is 1.98. The number of hydrogen-bond acceptors (Lipinski definition) is 4. The highest BCUT2D eigenvalue weighted by Crippen LogP contribution is 2.43. The number of anilines is 1. The van der Waals surface area contributed by atoms with Crippen molar-refractivity contribution >= 4 is 46.0 Å². The molecule has 1 amide bonds. The fourth-order valence-electron chi connectivity index (χ4n) is 3.26. The Labute approximate surface area is 141 Å². The van der Waals surface area contributed by atoms with E-state index in [1.807, 2.05) is 6.08 Å². The number of nitrogens with one attached hydrogen (secondary N) is 1. The van der Waals surface area contributed by atoms with Crippen molar-refractivity contribution in [1.29, 1.82) is 0 Å². The molecule has 3 nitrogen and oxygen atoms in total. The van der Waals surface area contributed by atoms with E-state index in [-0.39, 0.29) is 11.4 Å². The van der Waals surface area contributed by atoms with E-state index in [0.717, 1.165) is 12.0 Å². The van der Waals surface area contributed by atoms with Crippen LogP contribution >= 0.6 is 24.0 Å². The minimum Gasteiger partial charge on any atom is -0.369 e. The number of carbonyl (C=O) groups is 1. The Morgan fingerprint density at radius 2 is 2.18 bits per heavy atom. The van der Waals surface area contributed by atoms with Crippen LogP contribution < -0.4 is 10.2 Å². The van der Waals surface area contributed by atoms with Gasteiger partial charge in [0, 0.05) is 18.3 Å². The van der Waals surface area contributed by atoms with Crippen LogP contribution in [0.2, 0.25) is 0 Å². The maximum atomic E-state index is 11.8. The van der Waals surface area contributed by atoms with E-state index in [2.05, 4.69) is 56.2 Å². The molecule has 1 atom stereocenters. The molecular formula is C17H20N2OS2. The topological polar surface area (TPSA) is 32.3 Å². The molecule has 0 saturated carbocycles. The molecule has 2 heterocycles. The predicted molar refractivity (Wildman–Crippen MR) is 98.3 cm³/mol. The summed E-state index contributed by atoms with van der Waals surface area (Å²) in [6.45, 7) is 6.84. The summed E-state index contributed by atoms with van der Waals surface area (Å²) in [4.78, 5) is 14.8. The quantitative estimate of drug-likeness (QED) is 0.624. The van der Waals surface area contributed by atoms with Gasteiger partial charge in [0.2, 0.25) is 0 Å². The summed E-state index contributed by atoms with van der Waals surface area (Å²) in [5.74, 6) is 0.407. The molecule has 1 saturated heterocycles. The predicted octanol–water partition coefficient (Wildman–Crippen LogP) is 3.90. The Kier molecular flexibility index (Phi) is 3.81. The first-order valence-electron chi connectivity index (χ1n) is 7.40. The first-order chi connectivity index (χ1) is 10.3. The van der Waals surface area contributed by atoms with Gasteiger partial charge in [-0.1, -0.05) is 37.0 Å². The Morgan fingerprint density at radius 1 is 1.45 bits per heavy atom. The molecule has 116 valence electrons. The van der Waals surface area contributed by atoms with E-state index < -0.39 is 0 Å². The second-order valence-corrected chi connectivity index (χ2v) is 8.37. The maximum absolute atomic E-state index is 11.8. The molecule has 0 unspecified atom stereocenters. The van der Waals surface area contributed by atoms with Crippen LogP contribution in [0.15, 0.2) is 23.1 Å². The Bertz CT molecular complexity index is 694. The zero-order valence-electron chi connectivity index (χ0n) is 13.3. The number of nitrogens with zero attached hydrogens (tertiary/aromatic N) is 1. The van der Waals surface area contributed by atoms with Gasteiger partial charge in [-0.3, -0.25) is 4.79 Å². The zero-order chi connectivity index (χ0) is 16.1. The third kappa shape index (κ3) is 2.68. The van der Waals surface area contributed by atoms with Crippen molar-refractivity contribution in [3.63, 3.8) is 0 Å². The second kappa shape index (κ2) is 5.39. The van der Waals surface area contributed by atoms with Gasteiger partial charge in [-0.15, -0.1) is 0 Å². The molecule has 22 heavy (non-hydrogen) atoms. The van der Waals surface area contributed by atoms with Crippen LogP contribution in [0.5, 0.6) is 0 Å². The molecule has 1 aromatic carbocycles. The highest BCUT2D eigenvalue weighted by Gasteiger charge is 2.34. The van der Waals surface area contributed by atoms with Gasteiger partial charge in [-0.25, -0.2) is 0 Å². The van der Waals surface area contributed by atoms with Crippen LogP contribution in [0.25, 0.3) is 6.08 Å². The fraction of sp³-hybridized carbons (Fsp3) is 0.412. The molecule has 3 rings (SSSR count). The summed E-state index contributed by atoms with van der Waals surface area (Å²) in [5, 5.41) is 2.65. The summed E-state index contributed by atoms with van der Waals surface area (Å²) in [5.41, 5.74) is 3.85. The van der Waals surface area contributed by atoms with Crippen LogP contribution in [0.3, 0.4) is 0 Å². The Hall–Kier alpha value is -1.33. The van der Waals surface area contributed by atoms with Crippen LogP contribution in [-0.2, 0) is 4.79 Å². The van der Waals surface area contributed by atoms with Gasteiger partial charge in [0.15, 0.2) is 0 Å². The third-order valence-electron chi connectivity index (χ3n) is 4.60. The van der Waals surface area contributed by atoms with Gasteiger partial charge in [0.05, 0.1) is 4.91 Å². The van der Waals surface area contributed by atoms with Crippen molar-refractivity contribution in [2.45, 2.75) is 38.6 Å². The highest BCUT2D eigenvalue weighted by atomic mass is 32.2. The number of fused-ring (bicyclic) bond motifs is 1. The lowest BCUT2D eigenvalue weighted by Crippen LogP contribution is -2.45. The SMILES string of the molecule is C[C@@H]1CC(C)(C)N(C)c2ccc(/C=C3/SC(=S)NC3=O)cc21. The number of benzene rings is 1. The standard InChI is InChI=1S/C17H20N2OS2/c1-10-9-17(2,3)19(4)13-6-5-11(7-12(10)13)8-14-15(20)18-16(21)22-14/h5-8,10H,9H2,1-4H3,(H,18,20,21)/b14-8+/t10-/m1/s1. The number of thioether (sulfide) groups is 1. The maximum Gasteiger partial charge on any atom is 0.263 e. The van der Waals surface area contributed by atoms with Gasteiger partial charge < -0.3 is 10.2 Å². The normalized spacial score (nSPS) is 25.4. The summed E-state index contributed by atoms with van der Waals surface area (Å²) in [7, 11) is 2.15. The first kappa shape index (κ1) is 15.6. The molecule has 1 fully saturated rings. The molecule has 0 spiro atoms. The molecule has 2 aliphatic heterocycles. The Morgan fingerprint density at radius 3 is 2.82 bits per heavy atom. The van der Waals surface area contributed by atoms with E-state index in [9.17, 15) is 4.79 Å². The van der Waals surface area contributed by atoms with Gasteiger partial charge in [-0.05, 0) is 55.5 Å². The van der Waals surface area contributed by atoms with E-state index in [1.165, 1.54) is 23.0 Å². The first-order valence-corrected chi connectivity index (χ1v) is 8.63. The van der Waals surface area contributed by atoms with Gasteiger partial charge in [0.25, 0.3) is 5.91 Å². The monoisotopic (exact) mass is 332 g/mol. The summed E-state index contributed by atoms with van der Waals surface area (Å²) in [6, 6.07) is 6.44. The van der Waals surface area contributed by atoms with E-state index in [4.69, 9.17) is 12.2 Å². The fourth-order valence-corrected chi connectivity index (χ4v) is 4.30. The van der Waals surface area contributed by atoms with E-state index in [1.54, 1.807) is 0 Å². The van der Waals surface area contributed by atoms with Crippen molar-refractivity contribution in [2.75, 3.05) is 11.9 Å². The van der Waals surface area contributed by atoms with Crippen LogP contribution in [-0.4, -0.2) is 22.8 Å². The van der Waals surface area contributed by atoms with E-state index >= 15 is 0 Å². The number of hydrogen-bond donors (Lipinski definition) is 1. The number of carbonyl (C=O) groups excluding carboxylic acids is 1. The average molecular weight is 332 g/mol. The van der Waals surface area contributed by atoms with Crippen molar-refractivity contribution in [3.05, 3.63) is 34.2 Å². The highest BCUT2D eigenvalue weighted by molar-refractivity contribution is 8.26. The van der Waals surface area contributed by atoms with E-state index in [0.29, 0.717) is 15.1 Å². The molecule has 5 heteroatoms. The lowest BCUT2D eigenvalue weighted by Gasteiger charge is -2.45. The van der Waals surface area contributed by atoms with Crippen molar-refractivity contribution in [3.8, 4) is 0 Å². The molecule has 1 N–H and O–H groups in total. The molecule has 2 aliphatic rings. The van der Waals surface area contributed by atoms with Crippen molar-refractivity contribution < 1.29 is 4.79 Å². The van der Waals surface area contributed by atoms with Crippen molar-refractivity contribution in [2.24, 2.45) is 0 Å². The van der Waals surface area contributed by atoms with Crippen molar-refractivity contribution in [1.82, 2.24) is 5.32 Å². The van der Waals surface area contributed by atoms with Crippen LogP contribution in [0, 0.1) is 0 Å². The minimum atomic E-state index is -0.0981. The molecule has 0 aliphatic carbocycles. The largest absolute Gasteiger partial charge is 0.369 e. The van der Waals surface area contributed by atoms with Gasteiger partial charge in [0.1, 0.15) is 4.32 Å². The number of rotatable bonds is 1.